The van der Waals surface area contributed by atoms with Crippen LogP contribution in [0.15, 0.2) is 35.3 Å². The van der Waals surface area contributed by atoms with Gasteiger partial charge in [-0.2, -0.15) is 0 Å². The van der Waals surface area contributed by atoms with Crippen LogP contribution in [0, 0.1) is 0 Å². The van der Waals surface area contributed by atoms with E-state index in [1.807, 2.05) is 17.8 Å². The Balaban J connectivity index is 2.86. The molecule has 0 N–H and O–H groups in total. The van der Waals surface area contributed by atoms with Gasteiger partial charge >= 0.3 is 0 Å². The lowest BCUT2D eigenvalue weighted by molar-refractivity contribution is 0.919. The standard InChI is InChI=1S/C11H16S/c1-4-9(3)11-10(5-2)7-6-8-12-11/h5H,2-4,6-8H2,1H3. The first kappa shape index (κ1) is 9.66. The van der Waals surface area contributed by atoms with Crippen LogP contribution < -0.4 is 0 Å². The third-order valence-electron chi connectivity index (χ3n) is 2.12. The van der Waals surface area contributed by atoms with Gasteiger partial charge in [-0.15, -0.1) is 11.8 Å². The maximum Gasteiger partial charge on any atom is 0.0130 e. The van der Waals surface area contributed by atoms with Crippen molar-refractivity contribution in [1.82, 2.24) is 0 Å². The second kappa shape index (κ2) is 4.56. The molecule has 0 fully saturated rings. The molecule has 1 heteroatoms. The van der Waals surface area contributed by atoms with E-state index >= 15 is 0 Å². The van der Waals surface area contributed by atoms with Crippen molar-refractivity contribution in [3.63, 3.8) is 0 Å². The molecule has 0 saturated heterocycles. The molecule has 12 heavy (non-hydrogen) atoms. The molecule has 66 valence electrons. The largest absolute Gasteiger partial charge is 0.126 e. The predicted molar refractivity (Wildman–Crippen MR) is 58.3 cm³/mol. The molecule has 0 aliphatic carbocycles. The third kappa shape index (κ3) is 2.04. The Labute approximate surface area is 79.4 Å². The number of rotatable bonds is 3. The quantitative estimate of drug-likeness (QED) is 0.634. The van der Waals surface area contributed by atoms with Crippen LogP contribution in [0.4, 0.5) is 0 Å². The van der Waals surface area contributed by atoms with Gasteiger partial charge in [-0.1, -0.05) is 26.2 Å². The van der Waals surface area contributed by atoms with Gasteiger partial charge in [-0.25, -0.2) is 0 Å². The molecular formula is C11H16S. The predicted octanol–water partition coefficient (Wildman–Crippen LogP) is 3.92. The summed E-state index contributed by atoms with van der Waals surface area (Å²) in [5, 5.41) is 0. The van der Waals surface area contributed by atoms with E-state index in [9.17, 15) is 0 Å². The summed E-state index contributed by atoms with van der Waals surface area (Å²) in [6.45, 7) is 10.1. The molecule has 0 unspecified atom stereocenters. The van der Waals surface area contributed by atoms with Gasteiger partial charge in [0.1, 0.15) is 0 Å². The van der Waals surface area contributed by atoms with Crippen molar-refractivity contribution in [3.05, 3.63) is 35.3 Å². The molecule has 1 heterocycles. The fourth-order valence-electron chi connectivity index (χ4n) is 1.33. The molecule has 0 nitrogen and oxygen atoms in total. The lowest BCUT2D eigenvalue weighted by Gasteiger charge is -2.18. The molecule has 0 amide bonds. The average molecular weight is 180 g/mol. The highest BCUT2D eigenvalue weighted by molar-refractivity contribution is 8.03. The molecule has 0 radical (unpaired) electrons. The van der Waals surface area contributed by atoms with Crippen molar-refractivity contribution in [2.45, 2.75) is 26.2 Å². The molecule has 0 bridgehead atoms. The number of allylic oxidation sites excluding steroid dienone is 3. The van der Waals surface area contributed by atoms with Gasteiger partial charge in [0.15, 0.2) is 0 Å². The van der Waals surface area contributed by atoms with Crippen LogP contribution in [0.3, 0.4) is 0 Å². The third-order valence-corrected chi connectivity index (χ3v) is 3.46. The van der Waals surface area contributed by atoms with E-state index in [2.05, 4.69) is 20.1 Å². The van der Waals surface area contributed by atoms with Gasteiger partial charge in [0.05, 0.1) is 0 Å². The van der Waals surface area contributed by atoms with Crippen molar-refractivity contribution in [1.29, 1.82) is 0 Å². The Morgan fingerprint density at radius 2 is 2.42 bits per heavy atom. The fourth-order valence-corrected chi connectivity index (χ4v) is 2.54. The lowest BCUT2D eigenvalue weighted by atomic mass is 10.1. The monoisotopic (exact) mass is 180 g/mol. The van der Waals surface area contributed by atoms with Crippen LogP contribution in [-0.2, 0) is 0 Å². The zero-order chi connectivity index (χ0) is 8.97. The maximum absolute atomic E-state index is 4.07. The second-order valence-electron chi connectivity index (χ2n) is 2.97. The summed E-state index contributed by atoms with van der Waals surface area (Å²) in [6.07, 6.45) is 5.51. The highest BCUT2D eigenvalue weighted by Gasteiger charge is 2.12. The second-order valence-corrected chi connectivity index (χ2v) is 4.07. The van der Waals surface area contributed by atoms with Gasteiger partial charge in [-0.3, -0.25) is 0 Å². The van der Waals surface area contributed by atoms with Crippen molar-refractivity contribution >= 4 is 11.8 Å². The normalized spacial score (nSPS) is 17.8. The molecule has 0 aromatic heterocycles. The molecule has 0 aromatic rings. The SMILES string of the molecule is C=CC1=C(C(=C)CC)SCCC1. The van der Waals surface area contributed by atoms with Gasteiger partial charge in [0.2, 0.25) is 0 Å². The Morgan fingerprint density at radius 3 is 3.00 bits per heavy atom. The first-order chi connectivity index (χ1) is 5.79. The van der Waals surface area contributed by atoms with Crippen LogP contribution in [-0.4, -0.2) is 5.75 Å². The minimum Gasteiger partial charge on any atom is -0.126 e. The smallest absolute Gasteiger partial charge is 0.0130 e. The van der Waals surface area contributed by atoms with Crippen LogP contribution in [0.25, 0.3) is 0 Å². The topological polar surface area (TPSA) is 0 Å². The van der Waals surface area contributed by atoms with Crippen LogP contribution in [0.1, 0.15) is 26.2 Å². The van der Waals surface area contributed by atoms with E-state index in [0.717, 1.165) is 6.42 Å². The van der Waals surface area contributed by atoms with Gasteiger partial charge < -0.3 is 0 Å². The Kier molecular flexibility index (Phi) is 3.67. The highest BCUT2D eigenvalue weighted by atomic mass is 32.2. The summed E-state index contributed by atoms with van der Waals surface area (Å²) in [4.78, 5) is 1.40. The molecule has 0 atom stereocenters. The van der Waals surface area contributed by atoms with E-state index in [4.69, 9.17) is 0 Å². The summed E-state index contributed by atoms with van der Waals surface area (Å²) in [7, 11) is 0. The summed E-state index contributed by atoms with van der Waals surface area (Å²) in [6, 6.07) is 0. The van der Waals surface area contributed by atoms with Crippen LogP contribution in [0.5, 0.6) is 0 Å². The van der Waals surface area contributed by atoms with Crippen molar-refractivity contribution < 1.29 is 0 Å². The number of hydrogen-bond acceptors (Lipinski definition) is 1. The van der Waals surface area contributed by atoms with Crippen molar-refractivity contribution in [2.24, 2.45) is 0 Å². The first-order valence-electron chi connectivity index (χ1n) is 4.46. The van der Waals surface area contributed by atoms with Crippen molar-refractivity contribution in [2.75, 3.05) is 5.75 Å². The molecule has 1 aliphatic heterocycles. The van der Waals surface area contributed by atoms with Gasteiger partial charge in [0, 0.05) is 4.91 Å². The molecule has 0 spiro atoms. The summed E-state index contributed by atoms with van der Waals surface area (Å²) in [5.41, 5.74) is 2.67. The average Bonchev–Trinajstić information content (AvgIpc) is 2.16. The van der Waals surface area contributed by atoms with E-state index in [-0.39, 0.29) is 0 Å². The Hall–Kier alpha value is -0.430. The maximum atomic E-state index is 4.07. The van der Waals surface area contributed by atoms with Gasteiger partial charge in [0.25, 0.3) is 0 Å². The first-order valence-corrected chi connectivity index (χ1v) is 5.44. The van der Waals surface area contributed by atoms with E-state index in [1.165, 1.54) is 34.6 Å². The summed E-state index contributed by atoms with van der Waals surface area (Å²) in [5.74, 6) is 1.24. The zero-order valence-corrected chi connectivity index (χ0v) is 8.54. The van der Waals surface area contributed by atoms with Crippen LogP contribution >= 0.6 is 11.8 Å². The van der Waals surface area contributed by atoms with E-state index < -0.39 is 0 Å². The lowest BCUT2D eigenvalue weighted by Crippen LogP contribution is -1.98. The fraction of sp³-hybridized carbons (Fsp3) is 0.455. The Bertz CT molecular complexity index is 223. The Morgan fingerprint density at radius 1 is 1.67 bits per heavy atom. The number of thioether (sulfide) groups is 1. The molecule has 1 rings (SSSR count). The summed E-state index contributed by atoms with van der Waals surface area (Å²) < 4.78 is 0. The van der Waals surface area contributed by atoms with Gasteiger partial charge in [-0.05, 0) is 36.2 Å². The molecule has 1 aliphatic rings. The van der Waals surface area contributed by atoms with Crippen LogP contribution in [0.2, 0.25) is 0 Å². The molecule has 0 aromatic carbocycles. The molecule has 0 saturated carbocycles. The van der Waals surface area contributed by atoms with E-state index in [0.29, 0.717) is 0 Å². The highest BCUT2D eigenvalue weighted by Crippen LogP contribution is 2.35. The summed E-state index contributed by atoms with van der Waals surface area (Å²) >= 11 is 1.94. The molecular weight excluding hydrogens is 164 g/mol. The zero-order valence-electron chi connectivity index (χ0n) is 7.73. The number of hydrogen-bond donors (Lipinski definition) is 0. The van der Waals surface area contributed by atoms with E-state index in [1.54, 1.807) is 0 Å². The van der Waals surface area contributed by atoms with Crippen molar-refractivity contribution in [3.8, 4) is 0 Å². The minimum atomic E-state index is 1.06. The minimum absolute atomic E-state index is 1.06.